The third kappa shape index (κ3) is 2.64. The van der Waals surface area contributed by atoms with Gasteiger partial charge in [-0.3, -0.25) is 10.8 Å². The number of aromatic nitrogens is 1. The number of benzene rings is 1. The van der Waals surface area contributed by atoms with Crippen molar-refractivity contribution < 1.29 is 0 Å². The number of pyridine rings is 1. The minimum absolute atomic E-state index is 0.190. The average Bonchev–Trinajstić information content (AvgIpc) is 2.35. The van der Waals surface area contributed by atoms with Crippen LogP contribution in [-0.2, 0) is 0 Å². The zero-order valence-electron chi connectivity index (χ0n) is 9.52. The van der Waals surface area contributed by atoms with Gasteiger partial charge in [0, 0.05) is 6.20 Å². The number of hydrazine groups is 1. The summed E-state index contributed by atoms with van der Waals surface area (Å²) in [6.07, 6.45) is 1.71. The van der Waals surface area contributed by atoms with E-state index in [0.717, 1.165) is 11.3 Å². The first-order chi connectivity index (χ1) is 8.22. The Hall–Kier alpha value is -1.42. The fourth-order valence-electron chi connectivity index (χ4n) is 1.70. The van der Waals surface area contributed by atoms with Gasteiger partial charge in [0.15, 0.2) is 0 Å². The van der Waals surface area contributed by atoms with Gasteiger partial charge in [-0.05, 0) is 24.6 Å². The smallest absolute Gasteiger partial charge is 0.0896 e. The predicted molar refractivity (Wildman–Crippen MR) is 69.6 cm³/mol. The molecule has 2 rings (SSSR count). The Balaban J connectivity index is 2.40. The molecule has 1 aromatic heterocycles. The Morgan fingerprint density at radius 2 is 1.94 bits per heavy atom. The lowest BCUT2D eigenvalue weighted by atomic mass is 10.0. The van der Waals surface area contributed by atoms with Crippen LogP contribution in [0.25, 0.3) is 0 Å². The van der Waals surface area contributed by atoms with Gasteiger partial charge in [-0.25, -0.2) is 5.43 Å². The van der Waals surface area contributed by atoms with E-state index in [0.29, 0.717) is 5.02 Å². The van der Waals surface area contributed by atoms with Gasteiger partial charge in [0.1, 0.15) is 0 Å². The topological polar surface area (TPSA) is 50.9 Å². The molecular weight excluding hydrogens is 234 g/mol. The molecule has 0 radical (unpaired) electrons. The Kier molecular flexibility index (Phi) is 3.74. The van der Waals surface area contributed by atoms with E-state index in [1.165, 1.54) is 5.56 Å². The molecule has 0 spiro atoms. The zero-order valence-corrected chi connectivity index (χ0v) is 10.3. The summed E-state index contributed by atoms with van der Waals surface area (Å²) in [5, 5.41) is 0.607. The van der Waals surface area contributed by atoms with Crippen LogP contribution in [0.4, 0.5) is 0 Å². The van der Waals surface area contributed by atoms with Gasteiger partial charge in [0.25, 0.3) is 0 Å². The van der Waals surface area contributed by atoms with Crippen molar-refractivity contribution in [2.75, 3.05) is 0 Å². The molecule has 1 aromatic carbocycles. The fourth-order valence-corrected chi connectivity index (χ4v) is 1.93. The van der Waals surface area contributed by atoms with Crippen LogP contribution in [0.5, 0.6) is 0 Å². The van der Waals surface area contributed by atoms with Crippen molar-refractivity contribution >= 4 is 11.6 Å². The van der Waals surface area contributed by atoms with Crippen molar-refractivity contribution in [2.45, 2.75) is 13.0 Å². The molecule has 0 aliphatic heterocycles. The SMILES string of the molecule is Cc1ccc(C(NN)c2ncccc2Cl)cc1. The molecular formula is C13H14ClN3. The van der Waals surface area contributed by atoms with Crippen LogP contribution >= 0.6 is 11.6 Å². The Morgan fingerprint density at radius 1 is 1.24 bits per heavy atom. The lowest BCUT2D eigenvalue weighted by molar-refractivity contribution is 0.621. The van der Waals surface area contributed by atoms with Gasteiger partial charge in [0.2, 0.25) is 0 Å². The predicted octanol–water partition coefficient (Wildman–Crippen LogP) is 2.60. The maximum Gasteiger partial charge on any atom is 0.0896 e. The first-order valence-corrected chi connectivity index (χ1v) is 5.73. The number of nitrogens with zero attached hydrogens (tertiary/aromatic N) is 1. The summed E-state index contributed by atoms with van der Waals surface area (Å²) in [6, 6.07) is 11.5. The highest BCUT2D eigenvalue weighted by atomic mass is 35.5. The lowest BCUT2D eigenvalue weighted by Crippen LogP contribution is -2.29. The van der Waals surface area contributed by atoms with E-state index in [9.17, 15) is 0 Å². The van der Waals surface area contributed by atoms with Crippen molar-refractivity contribution in [1.82, 2.24) is 10.4 Å². The van der Waals surface area contributed by atoms with Crippen LogP contribution in [0.1, 0.15) is 22.9 Å². The van der Waals surface area contributed by atoms with Crippen LogP contribution in [-0.4, -0.2) is 4.98 Å². The number of aryl methyl sites for hydroxylation is 1. The van der Waals surface area contributed by atoms with Gasteiger partial charge in [0.05, 0.1) is 16.8 Å². The molecule has 0 aliphatic carbocycles. The van der Waals surface area contributed by atoms with E-state index in [1.54, 1.807) is 12.3 Å². The molecule has 17 heavy (non-hydrogen) atoms. The largest absolute Gasteiger partial charge is 0.271 e. The molecule has 3 nitrogen and oxygen atoms in total. The molecule has 0 saturated carbocycles. The third-order valence-corrected chi connectivity index (χ3v) is 2.96. The molecule has 0 fully saturated rings. The zero-order chi connectivity index (χ0) is 12.3. The second-order valence-electron chi connectivity index (χ2n) is 3.88. The minimum atomic E-state index is -0.190. The van der Waals surface area contributed by atoms with Crippen molar-refractivity contribution in [2.24, 2.45) is 5.84 Å². The highest BCUT2D eigenvalue weighted by molar-refractivity contribution is 6.31. The van der Waals surface area contributed by atoms with E-state index < -0.39 is 0 Å². The number of rotatable bonds is 3. The van der Waals surface area contributed by atoms with E-state index in [4.69, 9.17) is 17.4 Å². The number of nitrogens with one attached hydrogen (secondary N) is 1. The summed E-state index contributed by atoms with van der Waals surface area (Å²) in [5.74, 6) is 5.60. The number of hydrogen-bond donors (Lipinski definition) is 2. The maximum absolute atomic E-state index is 6.12. The molecule has 1 heterocycles. The van der Waals surface area contributed by atoms with Gasteiger partial charge < -0.3 is 0 Å². The molecule has 1 atom stereocenters. The first kappa shape index (κ1) is 12.0. The van der Waals surface area contributed by atoms with Crippen molar-refractivity contribution in [3.05, 3.63) is 64.4 Å². The fraction of sp³-hybridized carbons (Fsp3) is 0.154. The first-order valence-electron chi connectivity index (χ1n) is 5.35. The maximum atomic E-state index is 6.12. The van der Waals surface area contributed by atoms with Crippen LogP contribution in [0.3, 0.4) is 0 Å². The van der Waals surface area contributed by atoms with Crippen molar-refractivity contribution in [3.8, 4) is 0 Å². The lowest BCUT2D eigenvalue weighted by Gasteiger charge is -2.17. The van der Waals surface area contributed by atoms with Crippen molar-refractivity contribution in [1.29, 1.82) is 0 Å². The standard InChI is InChI=1S/C13H14ClN3/c1-9-4-6-10(7-5-9)12(17-15)13-11(14)3-2-8-16-13/h2-8,12,17H,15H2,1H3. The van der Waals surface area contributed by atoms with Crippen molar-refractivity contribution in [3.63, 3.8) is 0 Å². The van der Waals surface area contributed by atoms with Crippen LogP contribution in [0, 0.1) is 6.92 Å². The average molecular weight is 248 g/mol. The summed E-state index contributed by atoms with van der Waals surface area (Å²) < 4.78 is 0. The van der Waals surface area contributed by atoms with E-state index in [2.05, 4.69) is 10.4 Å². The van der Waals surface area contributed by atoms with Crippen LogP contribution in [0.2, 0.25) is 5.02 Å². The van der Waals surface area contributed by atoms with Gasteiger partial charge in [-0.1, -0.05) is 41.4 Å². The van der Waals surface area contributed by atoms with Gasteiger partial charge in [-0.15, -0.1) is 0 Å². The number of nitrogens with two attached hydrogens (primary N) is 1. The van der Waals surface area contributed by atoms with E-state index in [-0.39, 0.29) is 6.04 Å². The second kappa shape index (κ2) is 5.27. The summed E-state index contributed by atoms with van der Waals surface area (Å²) >= 11 is 6.12. The normalized spacial score (nSPS) is 12.4. The monoisotopic (exact) mass is 247 g/mol. The Morgan fingerprint density at radius 3 is 2.53 bits per heavy atom. The summed E-state index contributed by atoms with van der Waals surface area (Å²) in [6.45, 7) is 2.04. The highest BCUT2D eigenvalue weighted by Crippen LogP contribution is 2.25. The minimum Gasteiger partial charge on any atom is -0.271 e. The third-order valence-electron chi connectivity index (χ3n) is 2.64. The molecule has 0 bridgehead atoms. The number of halogens is 1. The van der Waals surface area contributed by atoms with E-state index >= 15 is 0 Å². The highest BCUT2D eigenvalue weighted by Gasteiger charge is 2.16. The Bertz CT molecular complexity index is 496. The van der Waals surface area contributed by atoms with Gasteiger partial charge in [-0.2, -0.15) is 0 Å². The summed E-state index contributed by atoms with van der Waals surface area (Å²) in [4.78, 5) is 4.27. The van der Waals surface area contributed by atoms with E-state index in [1.807, 2.05) is 37.3 Å². The molecule has 88 valence electrons. The summed E-state index contributed by atoms with van der Waals surface area (Å²) in [7, 11) is 0. The molecule has 0 aliphatic rings. The second-order valence-corrected chi connectivity index (χ2v) is 4.29. The summed E-state index contributed by atoms with van der Waals surface area (Å²) in [5.41, 5.74) is 5.73. The van der Waals surface area contributed by atoms with Crippen LogP contribution < -0.4 is 11.3 Å². The molecule has 2 aromatic rings. The molecule has 0 saturated heterocycles. The van der Waals surface area contributed by atoms with Gasteiger partial charge >= 0.3 is 0 Å². The molecule has 0 amide bonds. The Labute approximate surface area is 106 Å². The molecule has 4 heteroatoms. The quantitative estimate of drug-likeness (QED) is 0.648. The molecule has 3 N–H and O–H groups in total. The van der Waals surface area contributed by atoms with Crippen LogP contribution in [0.15, 0.2) is 42.6 Å². The molecule has 1 unspecified atom stereocenters. The number of hydrogen-bond acceptors (Lipinski definition) is 3.